The predicted octanol–water partition coefficient (Wildman–Crippen LogP) is 2.30. The van der Waals surface area contributed by atoms with Gasteiger partial charge in [-0.1, -0.05) is 48.5 Å². The summed E-state index contributed by atoms with van der Waals surface area (Å²) in [7, 11) is 0. The summed E-state index contributed by atoms with van der Waals surface area (Å²) in [5.41, 5.74) is 5.03. The number of amides is 2. The van der Waals surface area contributed by atoms with Crippen molar-refractivity contribution in [3.63, 3.8) is 0 Å². The van der Waals surface area contributed by atoms with Crippen LogP contribution in [0.1, 0.15) is 33.1 Å². The molecule has 4 N–H and O–H groups in total. The van der Waals surface area contributed by atoms with E-state index in [2.05, 4.69) is 27.8 Å². The molecule has 34 heavy (non-hydrogen) atoms. The molecule has 1 atom stereocenters. The van der Waals surface area contributed by atoms with Gasteiger partial charge in [0.2, 0.25) is 0 Å². The molecule has 1 aromatic heterocycles. The molecule has 0 radical (unpaired) electrons. The molecule has 2 aromatic carbocycles. The maximum Gasteiger partial charge on any atom is 0.407 e. The molecule has 2 amide bonds. The van der Waals surface area contributed by atoms with Gasteiger partial charge in [-0.2, -0.15) is 0 Å². The molecule has 0 fully saturated rings. The molecule has 1 aliphatic rings. The Balaban J connectivity index is 1.34. The number of carboxylic acids is 1. The number of rotatable bonds is 8. The molecule has 4 rings (SSSR count). The van der Waals surface area contributed by atoms with Gasteiger partial charge in [-0.05, 0) is 34.4 Å². The van der Waals surface area contributed by atoms with Crippen molar-refractivity contribution in [2.75, 3.05) is 13.2 Å². The molecule has 0 bridgehead atoms. The minimum absolute atomic E-state index is 0.0140. The minimum Gasteiger partial charge on any atom is -0.480 e. The normalized spacial score (nSPS) is 12.9. The third-order valence-electron chi connectivity index (χ3n) is 5.62. The zero-order chi connectivity index (χ0) is 24.1. The Morgan fingerprint density at radius 1 is 1.00 bits per heavy atom. The molecule has 9 nitrogen and oxygen atoms in total. The SMILES string of the molecule is O=C(NCc1cc(C(=O)N[C@@H](CO)C(=O)O)ccn1)OCC1c2ccccc2-c2ccccc21. The van der Waals surface area contributed by atoms with E-state index in [-0.39, 0.29) is 24.6 Å². The quantitative estimate of drug-likeness (QED) is 0.404. The van der Waals surface area contributed by atoms with Crippen molar-refractivity contribution in [1.29, 1.82) is 0 Å². The number of hydrogen-bond acceptors (Lipinski definition) is 6. The van der Waals surface area contributed by atoms with Crippen LogP contribution in [0.3, 0.4) is 0 Å². The number of alkyl carbamates (subject to hydrolysis) is 1. The minimum atomic E-state index is -1.41. The van der Waals surface area contributed by atoms with Crippen molar-refractivity contribution in [2.45, 2.75) is 18.5 Å². The van der Waals surface area contributed by atoms with Crippen LogP contribution in [0, 0.1) is 0 Å². The average Bonchev–Trinajstić information content (AvgIpc) is 3.18. The summed E-state index contributed by atoms with van der Waals surface area (Å²) in [6.07, 6.45) is 0.753. The lowest BCUT2D eigenvalue weighted by atomic mass is 9.98. The molecular weight excluding hydrogens is 438 g/mol. The smallest absolute Gasteiger partial charge is 0.407 e. The van der Waals surface area contributed by atoms with Crippen LogP contribution in [0.2, 0.25) is 0 Å². The number of benzene rings is 2. The number of aromatic nitrogens is 1. The van der Waals surface area contributed by atoms with Gasteiger partial charge in [-0.25, -0.2) is 9.59 Å². The van der Waals surface area contributed by atoms with Crippen LogP contribution in [0.5, 0.6) is 0 Å². The Morgan fingerprint density at radius 3 is 2.26 bits per heavy atom. The number of aliphatic hydroxyl groups excluding tert-OH is 1. The van der Waals surface area contributed by atoms with Crippen molar-refractivity contribution in [3.05, 3.63) is 89.2 Å². The number of pyridine rings is 1. The molecule has 0 aliphatic heterocycles. The summed E-state index contributed by atoms with van der Waals surface area (Å²) in [5.74, 6) is -2.08. The van der Waals surface area contributed by atoms with Crippen LogP contribution in [0.15, 0.2) is 66.9 Å². The fourth-order valence-electron chi connectivity index (χ4n) is 3.96. The second-order valence-corrected chi connectivity index (χ2v) is 7.76. The zero-order valence-electron chi connectivity index (χ0n) is 18.1. The standard InChI is InChI=1S/C25H23N3O6/c29-13-22(24(31)32)28-23(30)15-9-10-26-16(11-15)12-27-25(33)34-14-21-19-7-3-1-5-17(19)18-6-2-4-8-20(18)21/h1-11,21-22,29H,12-14H2,(H,27,33)(H,28,30)(H,31,32)/t22-/m0/s1. The van der Waals surface area contributed by atoms with Gasteiger partial charge in [0.05, 0.1) is 18.8 Å². The van der Waals surface area contributed by atoms with E-state index in [1.165, 1.54) is 18.3 Å². The highest BCUT2D eigenvalue weighted by Crippen LogP contribution is 2.44. The van der Waals surface area contributed by atoms with E-state index in [0.717, 1.165) is 22.3 Å². The summed E-state index contributed by atoms with van der Waals surface area (Å²) in [5, 5.41) is 22.9. The second kappa shape index (κ2) is 10.1. The van der Waals surface area contributed by atoms with E-state index >= 15 is 0 Å². The van der Waals surface area contributed by atoms with Crippen LogP contribution in [0.25, 0.3) is 11.1 Å². The van der Waals surface area contributed by atoms with Gasteiger partial charge < -0.3 is 25.6 Å². The largest absolute Gasteiger partial charge is 0.480 e. The second-order valence-electron chi connectivity index (χ2n) is 7.76. The molecule has 174 valence electrons. The Bertz CT molecular complexity index is 1180. The fourth-order valence-corrected chi connectivity index (χ4v) is 3.96. The first-order valence-electron chi connectivity index (χ1n) is 10.7. The van der Waals surface area contributed by atoms with Crippen molar-refractivity contribution in [3.8, 4) is 11.1 Å². The highest BCUT2D eigenvalue weighted by molar-refractivity contribution is 5.96. The van der Waals surface area contributed by atoms with Gasteiger partial charge in [0, 0.05) is 17.7 Å². The predicted molar refractivity (Wildman–Crippen MR) is 122 cm³/mol. The van der Waals surface area contributed by atoms with E-state index in [1.54, 1.807) is 0 Å². The first-order valence-corrected chi connectivity index (χ1v) is 10.7. The van der Waals surface area contributed by atoms with E-state index in [9.17, 15) is 14.4 Å². The Labute approximate surface area is 195 Å². The molecule has 1 heterocycles. The van der Waals surface area contributed by atoms with E-state index in [0.29, 0.717) is 5.69 Å². The van der Waals surface area contributed by atoms with Gasteiger partial charge in [0.25, 0.3) is 5.91 Å². The fraction of sp³-hybridized carbons (Fsp3) is 0.200. The van der Waals surface area contributed by atoms with E-state index < -0.39 is 30.6 Å². The third kappa shape index (κ3) is 4.89. The van der Waals surface area contributed by atoms with E-state index in [1.807, 2.05) is 36.4 Å². The van der Waals surface area contributed by atoms with Gasteiger partial charge in [-0.15, -0.1) is 0 Å². The van der Waals surface area contributed by atoms with Crippen molar-refractivity contribution in [1.82, 2.24) is 15.6 Å². The zero-order valence-corrected chi connectivity index (χ0v) is 18.1. The number of nitrogens with zero attached hydrogens (tertiary/aromatic N) is 1. The molecule has 0 saturated carbocycles. The Hall–Kier alpha value is -4.24. The first kappa shape index (κ1) is 22.9. The molecule has 0 unspecified atom stereocenters. The van der Waals surface area contributed by atoms with Gasteiger partial charge in [0.1, 0.15) is 6.61 Å². The number of aliphatic hydroxyl groups is 1. The van der Waals surface area contributed by atoms with E-state index in [4.69, 9.17) is 14.9 Å². The molecular formula is C25H23N3O6. The highest BCUT2D eigenvalue weighted by atomic mass is 16.5. The van der Waals surface area contributed by atoms with Crippen LogP contribution in [0.4, 0.5) is 4.79 Å². The lowest BCUT2D eigenvalue weighted by Crippen LogP contribution is -2.43. The average molecular weight is 461 g/mol. The monoisotopic (exact) mass is 461 g/mol. The Morgan fingerprint density at radius 2 is 1.65 bits per heavy atom. The number of fused-ring (bicyclic) bond motifs is 3. The van der Waals surface area contributed by atoms with Gasteiger partial charge >= 0.3 is 12.1 Å². The lowest BCUT2D eigenvalue weighted by Gasteiger charge is -2.15. The van der Waals surface area contributed by atoms with Crippen molar-refractivity contribution >= 4 is 18.0 Å². The van der Waals surface area contributed by atoms with Gasteiger partial charge in [0.15, 0.2) is 6.04 Å². The summed E-state index contributed by atoms with van der Waals surface area (Å²) >= 11 is 0. The van der Waals surface area contributed by atoms with Crippen molar-refractivity contribution < 1.29 is 29.3 Å². The van der Waals surface area contributed by atoms with Crippen LogP contribution in [-0.4, -0.2) is 52.4 Å². The van der Waals surface area contributed by atoms with Crippen LogP contribution in [-0.2, 0) is 16.1 Å². The molecule has 9 heteroatoms. The maximum absolute atomic E-state index is 12.3. The number of carbonyl (C=O) groups excluding carboxylic acids is 2. The maximum atomic E-state index is 12.3. The number of ether oxygens (including phenoxy) is 1. The van der Waals surface area contributed by atoms with Crippen LogP contribution < -0.4 is 10.6 Å². The number of carboxylic acid groups (broad SMARTS) is 1. The summed E-state index contributed by atoms with van der Waals surface area (Å²) in [6, 6.07) is 17.5. The first-order chi connectivity index (χ1) is 16.5. The number of carbonyl (C=O) groups is 3. The topological polar surface area (TPSA) is 138 Å². The summed E-state index contributed by atoms with van der Waals surface area (Å²) in [6.45, 7) is -0.546. The molecule has 3 aromatic rings. The van der Waals surface area contributed by atoms with Gasteiger partial charge in [-0.3, -0.25) is 9.78 Å². The lowest BCUT2D eigenvalue weighted by molar-refractivity contribution is -0.140. The van der Waals surface area contributed by atoms with Crippen molar-refractivity contribution in [2.24, 2.45) is 0 Å². The highest BCUT2D eigenvalue weighted by Gasteiger charge is 2.29. The number of hydrogen-bond donors (Lipinski definition) is 4. The number of aliphatic carboxylic acids is 1. The summed E-state index contributed by atoms with van der Waals surface area (Å²) < 4.78 is 5.48. The number of nitrogens with one attached hydrogen (secondary N) is 2. The molecule has 1 aliphatic carbocycles. The summed E-state index contributed by atoms with van der Waals surface area (Å²) in [4.78, 5) is 39.7. The van der Waals surface area contributed by atoms with Crippen LogP contribution >= 0.6 is 0 Å². The Kier molecular flexibility index (Phi) is 6.84. The third-order valence-corrected chi connectivity index (χ3v) is 5.62. The molecule has 0 saturated heterocycles. The molecule has 0 spiro atoms.